The van der Waals surface area contributed by atoms with Gasteiger partial charge in [-0.25, -0.2) is 0 Å². The molecule has 1 N–H and O–H groups in total. The van der Waals surface area contributed by atoms with E-state index in [4.69, 9.17) is 0 Å². The quantitative estimate of drug-likeness (QED) is 0.573. The van der Waals surface area contributed by atoms with Gasteiger partial charge in [0.1, 0.15) is 0 Å². The molecule has 2 heterocycles. The van der Waals surface area contributed by atoms with Crippen LogP contribution in [0.5, 0.6) is 0 Å². The average Bonchev–Trinajstić information content (AvgIpc) is 2.34. The maximum atomic E-state index is 4.26. The summed E-state index contributed by atoms with van der Waals surface area (Å²) in [6.07, 6.45) is 1.84. The second kappa shape index (κ2) is 2.25. The minimum atomic E-state index is 0.404. The number of rotatable bonds is 0. The van der Waals surface area contributed by atoms with Crippen LogP contribution in [0.3, 0.4) is 0 Å². The summed E-state index contributed by atoms with van der Waals surface area (Å²) in [6, 6.07) is 4.45. The van der Waals surface area contributed by atoms with Crippen LogP contribution in [-0.2, 0) is 0 Å². The van der Waals surface area contributed by atoms with Crippen LogP contribution in [0.2, 0.25) is 0 Å². The topological polar surface area (TPSA) is 24.9 Å². The average molecular weight is 152 g/mol. The second-order valence-corrected chi connectivity index (χ2v) is 3.21. The molecule has 1 unspecified atom stereocenters. The predicted molar refractivity (Wildman–Crippen MR) is 41.6 cm³/mol. The van der Waals surface area contributed by atoms with Crippen molar-refractivity contribution in [1.29, 1.82) is 0 Å². The van der Waals surface area contributed by atoms with Crippen molar-refractivity contribution in [2.24, 2.45) is 0 Å². The van der Waals surface area contributed by atoms with Gasteiger partial charge in [0.15, 0.2) is 0 Å². The number of fused-ring (bicyclic) bond motifs is 1. The lowest BCUT2D eigenvalue weighted by molar-refractivity contribution is 0.734. The van der Waals surface area contributed by atoms with E-state index in [0.717, 1.165) is 0 Å². The predicted octanol–water partition coefficient (Wildman–Crippen LogP) is 1.75. The maximum absolute atomic E-state index is 4.26. The highest BCUT2D eigenvalue weighted by Crippen LogP contribution is 2.31. The number of pyridine rings is 1. The Morgan fingerprint density at radius 1 is 1.70 bits per heavy atom. The lowest BCUT2D eigenvalue weighted by Crippen LogP contribution is -2.02. The molecule has 0 fully saturated rings. The zero-order valence-electron chi connectivity index (χ0n) is 5.66. The van der Waals surface area contributed by atoms with E-state index in [0.29, 0.717) is 6.04 Å². The molecule has 0 aliphatic carbocycles. The van der Waals surface area contributed by atoms with Crippen molar-refractivity contribution in [3.63, 3.8) is 0 Å². The molecule has 0 bridgehead atoms. The fourth-order valence-corrected chi connectivity index (χ4v) is 1.92. The number of nitrogens with one attached hydrogen (secondary N) is 1. The first-order chi connectivity index (χ1) is 4.88. The molecule has 0 radical (unpaired) electrons. The van der Waals surface area contributed by atoms with Gasteiger partial charge >= 0.3 is 0 Å². The van der Waals surface area contributed by atoms with Crippen molar-refractivity contribution in [3.05, 3.63) is 24.0 Å². The van der Waals surface area contributed by atoms with E-state index >= 15 is 0 Å². The van der Waals surface area contributed by atoms with Crippen LogP contribution >= 0.6 is 11.9 Å². The number of hydrogen-bond donors (Lipinski definition) is 1. The molecule has 2 nitrogen and oxygen atoms in total. The highest BCUT2D eigenvalue weighted by atomic mass is 32.2. The molecule has 0 saturated carbocycles. The lowest BCUT2D eigenvalue weighted by Gasteiger charge is -1.98. The van der Waals surface area contributed by atoms with E-state index < -0.39 is 0 Å². The van der Waals surface area contributed by atoms with Crippen LogP contribution in [0, 0.1) is 0 Å². The third-order valence-corrected chi connectivity index (χ3v) is 2.59. The standard InChI is InChI=1S/C7H8N2S/c1-5-7-6(10-9-5)3-2-4-8-7/h2-5,9H,1H3. The van der Waals surface area contributed by atoms with Crippen molar-refractivity contribution in [2.75, 3.05) is 0 Å². The number of aromatic nitrogens is 1. The zero-order valence-corrected chi connectivity index (χ0v) is 6.48. The molecule has 3 heteroatoms. The molecular weight excluding hydrogens is 144 g/mol. The first-order valence-corrected chi connectivity index (χ1v) is 4.07. The summed E-state index contributed by atoms with van der Waals surface area (Å²) in [4.78, 5) is 5.52. The maximum Gasteiger partial charge on any atom is 0.0727 e. The van der Waals surface area contributed by atoms with Gasteiger partial charge in [0.05, 0.1) is 11.7 Å². The van der Waals surface area contributed by atoms with Crippen LogP contribution in [0.1, 0.15) is 18.7 Å². The Morgan fingerprint density at radius 2 is 2.60 bits per heavy atom. The molecule has 10 heavy (non-hydrogen) atoms. The minimum Gasteiger partial charge on any atom is -0.258 e. The Kier molecular flexibility index (Phi) is 1.39. The monoisotopic (exact) mass is 152 g/mol. The number of hydrogen-bond acceptors (Lipinski definition) is 3. The van der Waals surface area contributed by atoms with Crippen molar-refractivity contribution in [3.8, 4) is 0 Å². The van der Waals surface area contributed by atoms with E-state index in [1.165, 1.54) is 10.6 Å². The molecule has 2 rings (SSSR count). The smallest absolute Gasteiger partial charge is 0.0727 e. The van der Waals surface area contributed by atoms with Crippen LogP contribution in [0.25, 0.3) is 0 Å². The number of nitrogens with zero attached hydrogens (tertiary/aromatic N) is 1. The molecule has 0 aromatic carbocycles. The summed E-state index contributed by atoms with van der Waals surface area (Å²) < 4.78 is 3.24. The van der Waals surface area contributed by atoms with Gasteiger partial charge in [0, 0.05) is 11.1 Å². The van der Waals surface area contributed by atoms with Crippen molar-refractivity contribution in [1.82, 2.24) is 9.71 Å². The minimum absolute atomic E-state index is 0.404. The Morgan fingerprint density at radius 3 is 3.40 bits per heavy atom. The van der Waals surface area contributed by atoms with Crippen molar-refractivity contribution >= 4 is 11.9 Å². The molecule has 0 amide bonds. The molecule has 0 saturated heterocycles. The fourth-order valence-electron chi connectivity index (χ4n) is 1.02. The lowest BCUT2D eigenvalue weighted by atomic mass is 10.2. The van der Waals surface area contributed by atoms with Gasteiger partial charge in [0.2, 0.25) is 0 Å². The third kappa shape index (κ3) is 0.822. The van der Waals surface area contributed by atoms with Crippen molar-refractivity contribution in [2.45, 2.75) is 17.9 Å². The Labute approximate surface area is 64.2 Å². The molecule has 1 aromatic heterocycles. The van der Waals surface area contributed by atoms with E-state index in [-0.39, 0.29) is 0 Å². The van der Waals surface area contributed by atoms with Gasteiger partial charge in [-0.1, -0.05) is 0 Å². The van der Waals surface area contributed by atoms with Crippen LogP contribution < -0.4 is 4.72 Å². The first-order valence-electron chi connectivity index (χ1n) is 3.25. The molecular formula is C7H8N2S. The van der Waals surface area contributed by atoms with Crippen LogP contribution in [0.4, 0.5) is 0 Å². The van der Waals surface area contributed by atoms with Gasteiger partial charge < -0.3 is 0 Å². The SMILES string of the molecule is CC1NSc2cccnc21. The van der Waals surface area contributed by atoms with Gasteiger partial charge in [-0.3, -0.25) is 9.71 Å². The second-order valence-electron chi connectivity index (χ2n) is 2.33. The third-order valence-electron chi connectivity index (χ3n) is 1.56. The van der Waals surface area contributed by atoms with E-state index in [9.17, 15) is 0 Å². The molecule has 52 valence electrons. The normalized spacial score (nSPS) is 22.7. The van der Waals surface area contributed by atoms with E-state index in [1.807, 2.05) is 12.3 Å². The summed E-state index contributed by atoms with van der Waals surface area (Å²) >= 11 is 1.66. The first kappa shape index (κ1) is 6.19. The van der Waals surface area contributed by atoms with Crippen LogP contribution in [0.15, 0.2) is 23.2 Å². The van der Waals surface area contributed by atoms with Crippen molar-refractivity contribution < 1.29 is 0 Å². The molecule has 0 spiro atoms. The molecule has 1 aliphatic heterocycles. The summed E-state index contributed by atoms with van der Waals surface area (Å²) in [7, 11) is 0. The Bertz CT molecular complexity index is 249. The summed E-state index contributed by atoms with van der Waals surface area (Å²) in [5.41, 5.74) is 1.17. The summed E-state index contributed by atoms with van der Waals surface area (Å²) in [6.45, 7) is 2.12. The zero-order chi connectivity index (χ0) is 6.97. The Hall–Kier alpha value is -0.540. The highest BCUT2D eigenvalue weighted by molar-refractivity contribution is 7.97. The summed E-state index contributed by atoms with van der Waals surface area (Å²) in [5, 5.41) is 0. The van der Waals surface area contributed by atoms with Crippen LogP contribution in [-0.4, -0.2) is 4.98 Å². The molecule has 1 aliphatic rings. The highest BCUT2D eigenvalue weighted by Gasteiger charge is 2.18. The van der Waals surface area contributed by atoms with Gasteiger partial charge in [-0.05, 0) is 31.0 Å². The van der Waals surface area contributed by atoms with E-state index in [2.05, 4.69) is 22.7 Å². The summed E-state index contributed by atoms with van der Waals surface area (Å²) in [5.74, 6) is 0. The molecule has 1 atom stereocenters. The molecule has 1 aromatic rings. The van der Waals surface area contributed by atoms with Gasteiger partial charge in [-0.2, -0.15) is 0 Å². The largest absolute Gasteiger partial charge is 0.258 e. The fraction of sp³-hybridized carbons (Fsp3) is 0.286. The van der Waals surface area contributed by atoms with Gasteiger partial charge in [0.25, 0.3) is 0 Å². The van der Waals surface area contributed by atoms with E-state index in [1.54, 1.807) is 11.9 Å². The van der Waals surface area contributed by atoms with Gasteiger partial charge in [-0.15, -0.1) is 0 Å². The Balaban J connectivity index is 2.51.